The molecule has 1 aromatic heterocycles. The molecule has 0 atom stereocenters. The van der Waals surface area contributed by atoms with Crippen LogP contribution in [-0.4, -0.2) is 14.4 Å². The topological polar surface area (TPSA) is 30.2 Å². The van der Waals surface area contributed by atoms with E-state index in [-0.39, 0.29) is 0 Å². The van der Waals surface area contributed by atoms with Gasteiger partial charge in [-0.25, -0.2) is 9.97 Å². The summed E-state index contributed by atoms with van der Waals surface area (Å²) in [6.07, 6.45) is 5.81. The van der Waals surface area contributed by atoms with Gasteiger partial charge in [0.05, 0.1) is 5.52 Å². The van der Waals surface area contributed by atoms with Gasteiger partial charge >= 0.3 is 0 Å². The Morgan fingerprint density at radius 3 is 2.88 bits per heavy atom. The number of hydrogen-bond donors (Lipinski definition) is 0. The first-order valence-electron chi connectivity index (χ1n) is 5.54. The maximum absolute atomic E-state index is 4.66. The van der Waals surface area contributed by atoms with Gasteiger partial charge in [-0.1, -0.05) is 18.2 Å². The van der Waals surface area contributed by atoms with Crippen molar-refractivity contribution in [2.75, 3.05) is 0 Å². The molecule has 3 heteroatoms. The molecule has 0 amide bonds. The van der Waals surface area contributed by atoms with Gasteiger partial charge in [0.1, 0.15) is 5.69 Å². The second-order valence-corrected chi connectivity index (χ2v) is 4.06. The van der Waals surface area contributed by atoms with Crippen LogP contribution in [0.3, 0.4) is 0 Å². The van der Waals surface area contributed by atoms with Crippen LogP contribution in [-0.2, 0) is 0 Å². The fraction of sp³-hybridized carbons (Fsp3) is 0. The van der Waals surface area contributed by atoms with Gasteiger partial charge in [-0.15, -0.1) is 0 Å². The third kappa shape index (κ3) is 1.11. The zero-order valence-corrected chi connectivity index (χ0v) is 9.04. The molecule has 0 spiro atoms. The maximum Gasteiger partial charge on any atom is 0.163 e. The number of para-hydroxylation sites is 1. The summed E-state index contributed by atoms with van der Waals surface area (Å²) in [7, 11) is 0. The Hall–Kier alpha value is -2.42. The van der Waals surface area contributed by atoms with E-state index < -0.39 is 0 Å². The molecule has 0 saturated carbocycles. The molecule has 2 aromatic rings. The number of nitrogens with zero attached hydrogens (tertiary/aromatic N) is 3. The van der Waals surface area contributed by atoms with Crippen LogP contribution < -0.4 is 0 Å². The molecule has 0 fully saturated rings. The molecule has 80 valence electrons. The van der Waals surface area contributed by atoms with Crippen molar-refractivity contribution < 1.29 is 0 Å². The molecule has 0 saturated heterocycles. The first kappa shape index (κ1) is 8.70. The van der Waals surface area contributed by atoms with Crippen LogP contribution in [0.5, 0.6) is 0 Å². The average molecular weight is 219 g/mol. The minimum atomic E-state index is 0.904. The first-order chi connectivity index (χ1) is 8.43. The third-order valence-electron chi connectivity index (χ3n) is 3.07. The van der Waals surface area contributed by atoms with Crippen molar-refractivity contribution in [3.8, 4) is 11.3 Å². The summed E-state index contributed by atoms with van der Waals surface area (Å²) in [5.41, 5.74) is 4.07. The molecule has 0 N–H and O–H groups in total. The molecule has 2 aliphatic heterocycles. The Kier molecular flexibility index (Phi) is 1.56. The third-order valence-corrected chi connectivity index (χ3v) is 3.07. The fourth-order valence-electron chi connectivity index (χ4n) is 2.29. The van der Waals surface area contributed by atoms with Gasteiger partial charge < -0.3 is 4.40 Å². The van der Waals surface area contributed by atoms with Gasteiger partial charge in [0, 0.05) is 29.5 Å². The van der Waals surface area contributed by atoms with Gasteiger partial charge in [-0.2, -0.15) is 0 Å². The molecule has 3 heterocycles. The average Bonchev–Trinajstić information content (AvgIpc) is 2.78. The molecule has 3 nitrogen and oxygen atoms in total. The van der Waals surface area contributed by atoms with Crippen molar-refractivity contribution in [1.82, 2.24) is 14.4 Å². The minimum absolute atomic E-state index is 0.904. The lowest BCUT2D eigenvalue weighted by Crippen LogP contribution is -1.93. The Bertz CT molecular complexity index is 801. The maximum atomic E-state index is 4.66. The largest absolute Gasteiger partial charge is 0.307 e. The monoisotopic (exact) mass is 219 g/mol. The summed E-state index contributed by atoms with van der Waals surface area (Å²) in [4.78, 5) is 9.07. The first-order valence-corrected chi connectivity index (χ1v) is 5.54. The summed E-state index contributed by atoms with van der Waals surface area (Å²) in [5.74, 6) is 0. The Morgan fingerprint density at radius 1 is 0.941 bits per heavy atom. The quantitative estimate of drug-likeness (QED) is 0.455. The van der Waals surface area contributed by atoms with Gasteiger partial charge in [-0.3, -0.25) is 0 Å². The van der Waals surface area contributed by atoms with Crippen LogP contribution in [0.2, 0.25) is 0 Å². The number of rotatable bonds is 0. The van der Waals surface area contributed by atoms with Crippen molar-refractivity contribution in [3.05, 3.63) is 55.0 Å². The predicted molar refractivity (Wildman–Crippen MR) is 67.1 cm³/mol. The number of fused-ring (bicyclic) bond motifs is 5. The second-order valence-electron chi connectivity index (χ2n) is 4.06. The zero-order valence-electron chi connectivity index (χ0n) is 9.04. The van der Waals surface area contributed by atoms with E-state index in [0.717, 1.165) is 16.9 Å². The second kappa shape index (κ2) is 3.04. The molecule has 17 heavy (non-hydrogen) atoms. The summed E-state index contributed by atoms with van der Waals surface area (Å²) in [6.45, 7) is 0. The van der Waals surface area contributed by atoms with Gasteiger partial charge in [-0.05, 0) is 18.2 Å². The SMILES string of the molecule is c1ccc2c3ccn4cccnc4c-3nc2c1. The van der Waals surface area contributed by atoms with Crippen LogP contribution in [0, 0.1) is 0 Å². The molecule has 1 aromatic carbocycles. The van der Waals surface area contributed by atoms with E-state index in [2.05, 4.69) is 22.1 Å². The van der Waals surface area contributed by atoms with E-state index in [4.69, 9.17) is 0 Å². The smallest absolute Gasteiger partial charge is 0.163 e. The number of benzene rings is 1. The van der Waals surface area contributed by atoms with Crippen molar-refractivity contribution in [2.45, 2.75) is 0 Å². The predicted octanol–water partition coefficient (Wildman–Crippen LogP) is 2.99. The van der Waals surface area contributed by atoms with Crippen LogP contribution >= 0.6 is 0 Å². The molecule has 0 unspecified atom stereocenters. The normalized spacial score (nSPS) is 11.5. The summed E-state index contributed by atoms with van der Waals surface area (Å²) >= 11 is 0. The zero-order chi connectivity index (χ0) is 11.2. The lowest BCUT2D eigenvalue weighted by Gasteiger charge is -2.04. The molecule has 0 aliphatic carbocycles. The van der Waals surface area contributed by atoms with E-state index in [0.29, 0.717) is 0 Å². The van der Waals surface area contributed by atoms with E-state index in [1.54, 1.807) is 6.20 Å². The number of pyridine rings is 1. The van der Waals surface area contributed by atoms with Crippen LogP contribution in [0.1, 0.15) is 0 Å². The van der Waals surface area contributed by atoms with Gasteiger partial charge in [0.25, 0.3) is 0 Å². The molecular weight excluding hydrogens is 210 g/mol. The molecule has 2 aliphatic rings. The molecule has 0 bridgehead atoms. The fourth-order valence-corrected chi connectivity index (χ4v) is 2.29. The molecule has 0 radical (unpaired) electrons. The van der Waals surface area contributed by atoms with E-state index >= 15 is 0 Å². The summed E-state index contributed by atoms with van der Waals surface area (Å²) < 4.78 is 1.99. The van der Waals surface area contributed by atoms with Crippen LogP contribution in [0.15, 0.2) is 55.0 Å². The van der Waals surface area contributed by atoms with E-state index in [9.17, 15) is 0 Å². The summed E-state index contributed by atoms with van der Waals surface area (Å²) in [6, 6.07) is 12.2. The number of hydrogen-bond acceptors (Lipinski definition) is 2. The Morgan fingerprint density at radius 2 is 1.88 bits per heavy atom. The number of aromatic nitrogens is 3. The van der Waals surface area contributed by atoms with Crippen molar-refractivity contribution >= 4 is 16.6 Å². The Labute approximate surface area is 97.7 Å². The van der Waals surface area contributed by atoms with Crippen molar-refractivity contribution in [1.29, 1.82) is 0 Å². The van der Waals surface area contributed by atoms with Crippen LogP contribution in [0.25, 0.3) is 27.8 Å². The lowest BCUT2D eigenvalue weighted by molar-refractivity contribution is 1.09. The van der Waals surface area contributed by atoms with E-state index in [1.165, 1.54) is 10.9 Å². The van der Waals surface area contributed by atoms with Crippen molar-refractivity contribution in [2.24, 2.45) is 0 Å². The standard InChI is InChI=1S/C14H9N3/c1-2-5-12-10(4-1)11-6-9-17-8-3-7-15-14(17)13(11)16-12/h1-9H. The summed E-state index contributed by atoms with van der Waals surface area (Å²) in [5, 5.41) is 1.19. The highest BCUT2D eigenvalue weighted by molar-refractivity contribution is 6.00. The van der Waals surface area contributed by atoms with Crippen molar-refractivity contribution in [3.63, 3.8) is 0 Å². The minimum Gasteiger partial charge on any atom is -0.307 e. The van der Waals surface area contributed by atoms with E-state index in [1.807, 2.05) is 41.1 Å². The molecular formula is C14H9N3. The Balaban J connectivity index is 2.28. The highest BCUT2D eigenvalue weighted by atomic mass is 15.0. The lowest BCUT2D eigenvalue weighted by atomic mass is 10.1. The highest BCUT2D eigenvalue weighted by Gasteiger charge is 2.14. The van der Waals surface area contributed by atoms with Gasteiger partial charge in [0.15, 0.2) is 5.65 Å². The molecule has 4 rings (SSSR count). The van der Waals surface area contributed by atoms with Crippen LogP contribution in [0.4, 0.5) is 0 Å². The van der Waals surface area contributed by atoms with Gasteiger partial charge in [0.2, 0.25) is 0 Å². The highest BCUT2D eigenvalue weighted by Crippen LogP contribution is 2.32.